The molecule has 2 aromatic carbocycles. The first-order valence-electron chi connectivity index (χ1n) is 6.41. The van der Waals surface area contributed by atoms with Crippen molar-refractivity contribution < 1.29 is 14.2 Å². The zero-order chi connectivity index (χ0) is 15.4. The first-order chi connectivity index (χ1) is 10.1. The molecule has 2 rings (SSSR count). The average molecular weight is 308 g/mol. The molecule has 4 nitrogen and oxygen atoms in total. The largest absolute Gasteiger partial charge is 0.496 e. The van der Waals surface area contributed by atoms with Gasteiger partial charge in [0.1, 0.15) is 17.2 Å². The minimum absolute atomic E-state index is 0.391. The summed E-state index contributed by atoms with van der Waals surface area (Å²) in [5, 5.41) is 0.666. The van der Waals surface area contributed by atoms with Gasteiger partial charge in [-0.05, 0) is 17.7 Å². The van der Waals surface area contributed by atoms with Gasteiger partial charge < -0.3 is 19.9 Å². The van der Waals surface area contributed by atoms with Crippen LogP contribution in [-0.4, -0.2) is 21.3 Å². The van der Waals surface area contributed by atoms with E-state index in [-0.39, 0.29) is 0 Å². The van der Waals surface area contributed by atoms with E-state index in [1.807, 2.05) is 12.1 Å². The molecule has 2 N–H and O–H groups in total. The van der Waals surface area contributed by atoms with Crippen LogP contribution >= 0.6 is 11.6 Å². The Balaban J connectivity index is 2.52. The number of ether oxygens (including phenoxy) is 3. The van der Waals surface area contributed by atoms with Crippen molar-refractivity contribution in [2.24, 2.45) is 5.73 Å². The number of hydrogen-bond donors (Lipinski definition) is 1. The molecule has 112 valence electrons. The standard InChI is InChI=1S/C16H18ClNO3/c1-19-12-8-13(20-2)15(14(9-12)21-3)16(18)10-4-6-11(17)7-5-10/h4-9,16H,18H2,1-3H3. The molecular formula is C16H18ClNO3. The first kappa shape index (κ1) is 15.5. The highest BCUT2D eigenvalue weighted by atomic mass is 35.5. The number of nitrogens with two attached hydrogens (primary N) is 1. The van der Waals surface area contributed by atoms with E-state index >= 15 is 0 Å². The molecule has 0 aliphatic carbocycles. The van der Waals surface area contributed by atoms with E-state index in [0.717, 1.165) is 11.1 Å². The summed E-state index contributed by atoms with van der Waals surface area (Å²) in [6.07, 6.45) is 0. The van der Waals surface area contributed by atoms with E-state index in [4.69, 9.17) is 31.5 Å². The third-order valence-corrected chi connectivity index (χ3v) is 3.55. The number of methoxy groups -OCH3 is 3. The van der Waals surface area contributed by atoms with Gasteiger partial charge in [0.2, 0.25) is 0 Å². The van der Waals surface area contributed by atoms with Crippen LogP contribution < -0.4 is 19.9 Å². The molecule has 0 aliphatic heterocycles. The van der Waals surface area contributed by atoms with Gasteiger partial charge in [-0.1, -0.05) is 23.7 Å². The lowest BCUT2D eigenvalue weighted by Gasteiger charge is -2.20. The lowest BCUT2D eigenvalue weighted by molar-refractivity contribution is 0.366. The topological polar surface area (TPSA) is 53.7 Å². The van der Waals surface area contributed by atoms with Crippen LogP contribution in [-0.2, 0) is 0 Å². The van der Waals surface area contributed by atoms with Gasteiger partial charge in [-0.25, -0.2) is 0 Å². The Kier molecular flexibility index (Phi) is 4.94. The molecule has 0 saturated carbocycles. The van der Waals surface area contributed by atoms with Crippen molar-refractivity contribution in [2.45, 2.75) is 6.04 Å². The summed E-state index contributed by atoms with van der Waals surface area (Å²) in [6.45, 7) is 0. The van der Waals surface area contributed by atoms with Crippen LogP contribution in [0.15, 0.2) is 36.4 Å². The van der Waals surface area contributed by atoms with Crippen LogP contribution in [0.3, 0.4) is 0 Å². The van der Waals surface area contributed by atoms with Crippen molar-refractivity contribution in [3.63, 3.8) is 0 Å². The quantitative estimate of drug-likeness (QED) is 0.919. The molecule has 0 fully saturated rings. The maximum Gasteiger partial charge on any atom is 0.131 e. The Morgan fingerprint density at radius 3 is 1.86 bits per heavy atom. The Bertz CT molecular complexity index is 588. The van der Waals surface area contributed by atoms with Crippen molar-refractivity contribution >= 4 is 11.6 Å². The van der Waals surface area contributed by atoms with E-state index in [0.29, 0.717) is 22.3 Å². The summed E-state index contributed by atoms with van der Waals surface area (Å²) in [5.41, 5.74) is 8.05. The molecule has 5 heteroatoms. The molecule has 0 spiro atoms. The zero-order valence-electron chi connectivity index (χ0n) is 12.2. The summed E-state index contributed by atoms with van der Waals surface area (Å²) in [5.74, 6) is 1.89. The molecule has 0 amide bonds. The van der Waals surface area contributed by atoms with Crippen LogP contribution in [0.25, 0.3) is 0 Å². The van der Waals surface area contributed by atoms with E-state index in [2.05, 4.69) is 0 Å². The van der Waals surface area contributed by atoms with E-state index in [1.165, 1.54) is 0 Å². The normalized spacial score (nSPS) is 11.9. The third-order valence-electron chi connectivity index (χ3n) is 3.29. The van der Waals surface area contributed by atoms with Gasteiger partial charge in [-0.3, -0.25) is 0 Å². The SMILES string of the molecule is COc1cc(OC)c(C(N)c2ccc(Cl)cc2)c(OC)c1. The van der Waals surface area contributed by atoms with Gasteiger partial charge in [0.15, 0.2) is 0 Å². The summed E-state index contributed by atoms with van der Waals surface area (Å²) in [4.78, 5) is 0. The molecule has 0 heterocycles. The fraction of sp³-hybridized carbons (Fsp3) is 0.250. The second-order valence-electron chi connectivity index (χ2n) is 4.47. The van der Waals surface area contributed by atoms with Crippen LogP contribution in [0, 0.1) is 0 Å². The maximum atomic E-state index is 6.37. The summed E-state index contributed by atoms with van der Waals surface area (Å²) < 4.78 is 16.1. The fourth-order valence-corrected chi connectivity index (χ4v) is 2.30. The van der Waals surface area contributed by atoms with E-state index in [1.54, 1.807) is 45.6 Å². The van der Waals surface area contributed by atoms with Gasteiger partial charge in [0.25, 0.3) is 0 Å². The van der Waals surface area contributed by atoms with Crippen molar-refractivity contribution in [1.29, 1.82) is 0 Å². The molecule has 0 aromatic heterocycles. The van der Waals surface area contributed by atoms with Crippen molar-refractivity contribution in [2.75, 3.05) is 21.3 Å². The van der Waals surface area contributed by atoms with Crippen LogP contribution in [0.2, 0.25) is 5.02 Å². The Labute approximate surface area is 129 Å². The molecular weight excluding hydrogens is 290 g/mol. The second kappa shape index (κ2) is 6.70. The predicted octanol–water partition coefficient (Wildman–Crippen LogP) is 3.41. The van der Waals surface area contributed by atoms with Crippen molar-refractivity contribution in [3.05, 3.63) is 52.5 Å². The molecule has 0 radical (unpaired) electrons. The highest BCUT2D eigenvalue weighted by Crippen LogP contribution is 2.39. The summed E-state index contributed by atoms with van der Waals surface area (Å²) in [6, 6.07) is 10.6. The number of rotatable bonds is 5. The van der Waals surface area contributed by atoms with E-state index < -0.39 is 6.04 Å². The Morgan fingerprint density at radius 1 is 0.905 bits per heavy atom. The molecule has 0 bridgehead atoms. The maximum absolute atomic E-state index is 6.37. The lowest BCUT2D eigenvalue weighted by Crippen LogP contribution is -2.14. The Hall–Kier alpha value is -1.91. The van der Waals surface area contributed by atoms with Crippen molar-refractivity contribution in [1.82, 2.24) is 0 Å². The van der Waals surface area contributed by atoms with Gasteiger partial charge >= 0.3 is 0 Å². The summed E-state index contributed by atoms with van der Waals surface area (Å²) >= 11 is 5.91. The smallest absolute Gasteiger partial charge is 0.131 e. The lowest BCUT2D eigenvalue weighted by atomic mass is 9.97. The Morgan fingerprint density at radius 2 is 1.43 bits per heavy atom. The van der Waals surface area contributed by atoms with Gasteiger partial charge in [0.05, 0.1) is 32.9 Å². The molecule has 1 unspecified atom stereocenters. The second-order valence-corrected chi connectivity index (χ2v) is 4.91. The van der Waals surface area contributed by atoms with Gasteiger partial charge in [-0.15, -0.1) is 0 Å². The molecule has 0 saturated heterocycles. The predicted molar refractivity (Wildman–Crippen MR) is 83.6 cm³/mol. The van der Waals surface area contributed by atoms with Crippen LogP contribution in [0.5, 0.6) is 17.2 Å². The number of halogens is 1. The van der Waals surface area contributed by atoms with E-state index in [9.17, 15) is 0 Å². The van der Waals surface area contributed by atoms with Crippen molar-refractivity contribution in [3.8, 4) is 17.2 Å². The zero-order valence-corrected chi connectivity index (χ0v) is 13.0. The number of hydrogen-bond acceptors (Lipinski definition) is 4. The van der Waals surface area contributed by atoms with Gasteiger partial charge in [0, 0.05) is 17.2 Å². The minimum Gasteiger partial charge on any atom is -0.496 e. The number of benzene rings is 2. The summed E-state index contributed by atoms with van der Waals surface area (Å²) in [7, 11) is 4.77. The minimum atomic E-state index is -0.391. The molecule has 2 aromatic rings. The first-order valence-corrected chi connectivity index (χ1v) is 6.79. The van der Waals surface area contributed by atoms with Crippen LogP contribution in [0.4, 0.5) is 0 Å². The molecule has 21 heavy (non-hydrogen) atoms. The molecule has 1 atom stereocenters. The van der Waals surface area contributed by atoms with Crippen LogP contribution in [0.1, 0.15) is 17.2 Å². The third kappa shape index (κ3) is 3.23. The molecule has 0 aliphatic rings. The van der Waals surface area contributed by atoms with Gasteiger partial charge in [-0.2, -0.15) is 0 Å². The monoisotopic (exact) mass is 307 g/mol. The fourth-order valence-electron chi connectivity index (χ4n) is 2.18. The highest BCUT2D eigenvalue weighted by Gasteiger charge is 2.21. The highest BCUT2D eigenvalue weighted by molar-refractivity contribution is 6.30. The average Bonchev–Trinajstić information content (AvgIpc) is 2.53.